The van der Waals surface area contributed by atoms with E-state index in [9.17, 15) is 14.4 Å². The Morgan fingerprint density at radius 2 is 1.69 bits per heavy atom. The Hall–Kier alpha value is -0.210. The number of halogens is 3. The quantitative estimate of drug-likeness (QED) is 0.417. The van der Waals surface area contributed by atoms with Crippen molar-refractivity contribution in [3.63, 3.8) is 0 Å². The van der Waals surface area contributed by atoms with Crippen LogP contribution in [0.5, 0.6) is 0 Å². The molecule has 0 spiro atoms. The summed E-state index contributed by atoms with van der Waals surface area (Å²) in [5, 5.41) is 2.36. The summed E-state index contributed by atoms with van der Waals surface area (Å²) in [5.41, 5.74) is 0. The van der Waals surface area contributed by atoms with Gasteiger partial charge < -0.3 is 4.74 Å². The third-order valence-corrected chi connectivity index (χ3v) is 3.74. The number of nitrogens with one attached hydrogen (secondary N) is 1. The van der Waals surface area contributed by atoms with E-state index in [1.165, 1.54) is 0 Å². The maximum Gasteiger partial charge on any atom is 0.316 e. The number of imide groups is 1. The van der Waals surface area contributed by atoms with Crippen LogP contribution in [0.1, 0.15) is 6.92 Å². The monoisotopic (exact) mass is 419 g/mol. The molecule has 0 saturated carbocycles. The summed E-state index contributed by atoms with van der Waals surface area (Å²) in [6, 6.07) is 0. The highest BCUT2D eigenvalue weighted by molar-refractivity contribution is 9.14. The predicted octanol–water partition coefficient (Wildman–Crippen LogP) is 1.59. The Morgan fingerprint density at radius 1 is 1.25 bits per heavy atom. The van der Waals surface area contributed by atoms with E-state index in [0.29, 0.717) is 11.9 Å². The van der Waals surface area contributed by atoms with E-state index in [2.05, 4.69) is 57.8 Å². The van der Waals surface area contributed by atoms with Gasteiger partial charge in [0.15, 0.2) is 0 Å². The third-order valence-electron chi connectivity index (χ3n) is 1.23. The summed E-state index contributed by atoms with van der Waals surface area (Å²) in [6.07, 6.45) is 0. The van der Waals surface area contributed by atoms with E-state index >= 15 is 0 Å². The molecule has 0 aromatic heterocycles. The van der Waals surface area contributed by atoms with E-state index in [1.807, 2.05) is 0 Å². The number of ether oxygens (including phenoxy) is 1. The molecule has 0 aromatic rings. The number of hydrogen-bond acceptors (Lipinski definition) is 4. The highest BCUT2D eigenvalue weighted by Crippen LogP contribution is 2.22. The first-order chi connectivity index (χ1) is 7.43. The maximum atomic E-state index is 10.5. The van der Waals surface area contributed by atoms with Crippen LogP contribution in [0.4, 0.5) is 0 Å². The maximum absolute atomic E-state index is 10.5. The van der Waals surface area contributed by atoms with E-state index in [0.717, 1.165) is 0 Å². The largest absolute Gasteiger partial charge is 0.465 e. The van der Waals surface area contributed by atoms with Crippen molar-refractivity contribution in [2.75, 3.05) is 11.9 Å². The third kappa shape index (κ3) is 5.22. The SMILES string of the molecule is CCOC(=O)CBr.O=C1NC(=O)C(Br)=C1Br. The second-order valence-electron chi connectivity index (χ2n) is 2.35. The predicted molar refractivity (Wildman–Crippen MR) is 68.5 cm³/mol. The number of carbonyl (C=O) groups is 3. The standard InChI is InChI=1S/C4HBr2NO2.C4H7BrO2/c5-1-2(6)4(9)7-3(1)8;1-2-7-4(6)3-5/h(H,7,8,9);2-3H2,1H3. The molecular formula is C8H8Br3NO4. The normalized spacial score (nSPS) is 14.2. The van der Waals surface area contributed by atoms with E-state index < -0.39 is 11.8 Å². The van der Waals surface area contributed by atoms with Crippen molar-refractivity contribution in [2.45, 2.75) is 6.92 Å². The first-order valence-electron chi connectivity index (χ1n) is 4.06. The zero-order valence-corrected chi connectivity index (χ0v) is 12.9. The Balaban J connectivity index is 0.000000293. The fourth-order valence-electron chi connectivity index (χ4n) is 0.612. The molecule has 1 N–H and O–H groups in total. The fourth-order valence-corrected chi connectivity index (χ4v) is 1.33. The van der Waals surface area contributed by atoms with Gasteiger partial charge >= 0.3 is 5.97 Å². The minimum Gasteiger partial charge on any atom is -0.465 e. The minimum atomic E-state index is -0.396. The molecule has 1 heterocycles. The molecule has 1 aliphatic heterocycles. The molecule has 0 unspecified atom stereocenters. The topological polar surface area (TPSA) is 72.5 Å². The zero-order chi connectivity index (χ0) is 12.7. The average Bonchev–Trinajstić information content (AvgIpc) is 2.47. The van der Waals surface area contributed by atoms with Gasteiger partial charge in [0.2, 0.25) is 0 Å². The first-order valence-corrected chi connectivity index (χ1v) is 6.77. The molecule has 0 radical (unpaired) electrons. The molecule has 0 saturated heterocycles. The van der Waals surface area contributed by atoms with Crippen molar-refractivity contribution < 1.29 is 19.1 Å². The van der Waals surface area contributed by atoms with Gasteiger partial charge in [-0.15, -0.1) is 0 Å². The van der Waals surface area contributed by atoms with Crippen molar-refractivity contribution >= 4 is 65.6 Å². The second kappa shape index (κ2) is 7.97. The van der Waals surface area contributed by atoms with Gasteiger partial charge in [-0.05, 0) is 38.8 Å². The lowest BCUT2D eigenvalue weighted by Gasteiger charge is -1.92. The van der Waals surface area contributed by atoms with E-state index in [4.69, 9.17) is 0 Å². The van der Waals surface area contributed by atoms with Gasteiger partial charge in [0.05, 0.1) is 6.61 Å². The number of rotatable bonds is 2. The van der Waals surface area contributed by atoms with Gasteiger partial charge in [-0.1, -0.05) is 15.9 Å². The van der Waals surface area contributed by atoms with Crippen LogP contribution in [-0.4, -0.2) is 29.7 Å². The van der Waals surface area contributed by atoms with Crippen molar-refractivity contribution in [2.24, 2.45) is 0 Å². The molecular weight excluding hydrogens is 414 g/mol. The smallest absolute Gasteiger partial charge is 0.316 e. The van der Waals surface area contributed by atoms with Crippen LogP contribution in [0.15, 0.2) is 8.96 Å². The molecule has 0 aliphatic carbocycles. The van der Waals surface area contributed by atoms with Crippen LogP contribution in [0.3, 0.4) is 0 Å². The summed E-state index contributed by atoms with van der Waals surface area (Å²) in [6.45, 7) is 2.24. The summed E-state index contributed by atoms with van der Waals surface area (Å²) >= 11 is 8.76. The van der Waals surface area contributed by atoms with Crippen molar-refractivity contribution in [3.05, 3.63) is 8.96 Å². The van der Waals surface area contributed by atoms with Crippen LogP contribution in [-0.2, 0) is 19.1 Å². The van der Waals surface area contributed by atoms with Crippen LogP contribution < -0.4 is 5.32 Å². The molecule has 1 aliphatic rings. The second-order valence-corrected chi connectivity index (χ2v) is 4.50. The van der Waals surface area contributed by atoms with Gasteiger partial charge in [0.25, 0.3) is 11.8 Å². The summed E-state index contributed by atoms with van der Waals surface area (Å²) < 4.78 is 5.02. The number of amides is 2. The first kappa shape index (κ1) is 15.8. The lowest BCUT2D eigenvalue weighted by molar-refractivity contribution is -0.139. The van der Waals surface area contributed by atoms with E-state index in [-0.39, 0.29) is 14.9 Å². The number of carbonyl (C=O) groups excluding carboxylic acids is 3. The van der Waals surface area contributed by atoms with Crippen LogP contribution in [0.25, 0.3) is 0 Å². The minimum absolute atomic E-state index is 0.206. The number of esters is 1. The van der Waals surface area contributed by atoms with Crippen LogP contribution in [0, 0.1) is 0 Å². The molecule has 0 fully saturated rings. The summed E-state index contributed by atoms with van der Waals surface area (Å²) in [4.78, 5) is 31.2. The van der Waals surface area contributed by atoms with E-state index in [1.54, 1.807) is 6.92 Å². The van der Waals surface area contributed by atoms with Crippen LogP contribution >= 0.6 is 47.8 Å². The van der Waals surface area contributed by atoms with Crippen LogP contribution in [0.2, 0.25) is 0 Å². The van der Waals surface area contributed by atoms with Gasteiger partial charge in [-0.25, -0.2) is 0 Å². The fraction of sp³-hybridized carbons (Fsp3) is 0.375. The van der Waals surface area contributed by atoms with Gasteiger partial charge in [0.1, 0.15) is 14.3 Å². The average molecular weight is 422 g/mol. The summed E-state index contributed by atoms with van der Waals surface area (Å²) in [5.74, 6) is -0.999. The van der Waals surface area contributed by atoms with Crippen molar-refractivity contribution in [1.29, 1.82) is 0 Å². The molecule has 1 rings (SSSR count). The molecule has 5 nitrogen and oxygen atoms in total. The highest BCUT2D eigenvalue weighted by atomic mass is 79.9. The Morgan fingerprint density at radius 3 is 1.81 bits per heavy atom. The Labute approximate surface area is 117 Å². The molecule has 2 amide bonds. The Bertz CT molecular complexity index is 318. The number of hydrogen-bond donors (Lipinski definition) is 1. The van der Waals surface area contributed by atoms with Gasteiger partial charge in [-0.3, -0.25) is 19.7 Å². The number of alkyl halides is 1. The van der Waals surface area contributed by atoms with Gasteiger partial charge in [-0.2, -0.15) is 0 Å². The lowest BCUT2D eigenvalue weighted by atomic mass is 10.6. The zero-order valence-electron chi connectivity index (χ0n) is 8.18. The summed E-state index contributed by atoms with van der Waals surface area (Å²) in [7, 11) is 0. The molecule has 0 bridgehead atoms. The molecule has 16 heavy (non-hydrogen) atoms. The molecule has 0 aromatic carbocycles. The molecule has 8 heteroatoms. The van der Waals surface area contributed by atoms with Crippen molar-refractivity contribution in [3.8, 4) is 0 Å². The molecule has 0 atom stereocenters. The highest BCUT2D eigenvalue weighted by Gasteiger charge is 2.25. The van der Waals surface area contributed by atoms with Gasteiger partial charge in [0, 0.05) is 0 Å². The van der Waals surface area contributed by atoms with Crippen molar-refractivity contribution in [1.82, 2.24) is 5.32 Å². The Kier molecular flexibility index (Phi) is 7.86. The lowest BCUT2D eigenvalue weighted by Crippen LogP contribution is -2.21. The molecule has 90 valence electrons.